The number of benzene rings is 3. The number of aryl methyl sites for hydroxylation is 2. The molecule has 0 spiro atoms. The molecule has 3 aromatic rings. The molecule has 1 amide bonds. The minimum atomic E-state index is -3.47. The largest absolute Gasteiger partial charge is 0.375 e. The lowest BCUT2D eigenvalue weighted by molar-refractivity contribution is 0.0901. The zero-order valence-electron chi connectivity index (χ0n) is 19.2. The van der Waals surface area contributed by atoms with E-state index >= 15 is 0 Å². The van der Waals surface area contributed by atoms with Crippen LogP contribution in [-0.4, -0.2) is 33.7 Å². The molecule has 0 unspecified atom stereocenters. The number of rotatable bonds is 10. The standard InChI is InChI=1S/C26H30N2O4S/c1-20-15-21(2)17-25(16-20)28(33(3,30)31)18-22-9-11-24(12-10-22)26(29)27-13-14-32-19-23-7-5-4-6-8-23/h4-12,15-17H,13-14,18-19H2,1-3H3,(H,27,29). The molecule has 0 radical (unpaired) electrons. The van der Waals surface area contributed by atoms with Gasteiger partial charge in [0.15, 0.2) is 0 Å². The van der Waals surface area contributed by atoms with Crippen molar-refractivity contribution in [2.24, 2.45) is 0 Å². The third-order valence-corrected chi connectivity index (χ3v) is 6.22. The van der Waals surface area contributed by atoms with Crippen LogP contribution in [0.15, 0.2) is 72.8 Å². The third kappa shape index (κ3) is 7.44. The molecule has 1 N–H and O–H groups in total. The molecule has 0 heterocycles. The highest BCUT2D eigenvalue weighted by molar-refractivity contribution is 7.92. The number of hydrogen-bond donors (Lipinski definition) is 1. The van der Waals surface area contributed by atoms with Gasteiger partial charge in [-0.3, -0.25) is 9.10 Å². The van der Waals surface area contributed by atoms with Gasteiger partial charge in [0.2, 0.25) is 10.0 Å². The number of carbonyl (C=O) groups excluding carboxylic acids is 1. The maximum absolute atomic E-state index is 12.4. The Balaban J connectivity index is 1.56. The lowest BCUT2D eigenvalue weighted by atomic mass is 10.1. The molecule has 6 nitrogen and oxygen atoms in total. The fraction of sp³-hybridized carbons (Fsp3) is 0.269. The number of anilines is 1. The van der Waals surface area contributed by atoms with E-state index in [9.17, 15) is 13.2 Å². The second-order valence-corrected chi connectivity index (χ2v) is 10.0. The minimum absolute atomic E-state index is 0.191. The van der Waals surface area contributed by atoms with Gasteiger partial charge in [-0.2, -0.15) is 0 Å². The van der Waals surface area contributed by atoms with Crippen molar-refractivity contribution in [2.75, 3.05) is 23.7 Å². The van der Waals surface area contributed by atoms with Crippen molar-refractivity contribution in [1.82, 2.24) is 5.32 Å². The first-order valence-corrected chi connectivity index (χ1v) is 12.6. The number of amides is 1. The minimum Gasteiger partial charge on any atom is -0.375 e. The van der Waals surface area contributed by atoms with Crippen molar-refractivity contribution in [3.05, 3.63) is 101 Å². The van der Waals surface area contributed by atoms with Crippen LogP contribution in [0.4, 0.5) is 5.69 Å². The van der Waals surface area contributed by atoms with E-state index in [2.05, 4.69) is 5.32 Å². The lowest BCUT2D eigenvalue weighted by Gasteiger charge is -2.23. The molecule has 0 aliphatic heterocycles. The third-order valence-electron chi connectivity index (χ3n) is 5.08. The zero-order chi connectivity index (χ0) is 23.8. The average Bonchev–Trinajstić information content (AvgIpc) is 2.76. The van der Waals surface area contributed by atoms with E-state index in [1.165, 1.54) is 10.6 Å². The molecule has 0 saturated heterocycles. The smallest absolute Gasteiger partial charge is 0.251 e. The van der Waals surface area contributed by atoms with E-state index in [-0.39, 0.29) is 12.5 Å². The summed E-state index contributed by atoms with van der Waals surface area (Å²) >= 11 is 0. The average molecular weight is 467 g/mol. The maximum atomic E-state index is 12.4. The fourth-order valence-electron chi connectivity index (χ4n) is 3.53. The summed E-state index contributed by atoms with van der Waals surface area (Å²) in [4.78, 5) is 12.4. The predicted molar refractivity (Wildman–Crippen MR) is 132 cm³/mol. The summed E-state index contributed by atoms with van der Waals surface area (Å²) in [6.07, 6.45) is 1.20. The number of nitrogens with one attached hydrogen (secondary N) is 1. The van der Waals surface area contributed by atoms with Gasteiger partial charge in [-0.25, -0.2) is 8.42 Å². The Morgan fingerprint density at radius 3 is 2.15 bits per heavy atom. The molecule has 3 aromatic carbocycles. The molecule has 0 aromatic heterocycles. The summed E-state index contributed by atoms with van der Waals surface area (Å²) in [5.41, 5.74) is 5.02. The Morgan fingerprint density at radius 2 is 1.55 bits per heavy atom. The fourth-order valence-corrected chi connectivity index (χ4v) is 4.40. The SMILES string of the molecule is Cc1cc(C)cc(N(Cc2ccc(C(=O)NCCOCc3ccccc3)cc2)S(C)(=O)=O)c1. The highest BCUT2D eigenvalue weighted by atomic mass is 32.2. The van der Waals surface area contributed by atoms with Crippen molar-refractivity contribution in [3.8, 4) is 0 Å². The van der Waals surface area contributed by atoms with Gasteiger partial charge in [-0.15, -0.1) is 0 Å². The van der Waals surface area contributed by atoms with Gasteiger partial charge in [-0.05, 0) is 60.4 Å². The number of ether oxygens (including phenoxy) is 1. The van der Waals surface area contributed by atoms with Crippen molar-refractivity contribution < 1.29 is 17.9 Å². The van der Waals surface area contributed by atoms with Crippen LogP contribution < -0.4 is 9.62 Å². The van der Waals surface area contributed by atoms with Crippen molar-refractivity contribution in [2.45, 2.75) is 27.0 Å². The zero-order valence-corrected chi connectivity index (χ0v) is 20.1. The molecular formula is C26H30N2O4S. The summed E-state index contributed by atoms with van der Waals surface area (Å²) in [5.74, 6) is -0.195. The van der Waals surface area contributed by atoms with E-state index in [0.29, 0.717) is 31.0 Å². The molecule has 7 heteroatoms. The number of hydrogen-bond acceptors (Lipinski definition) is 4. The van der Waals surface area contributed by atoms with Gasteiger partial charge in [0.25, 0.3) is 5.91 Å². The van der Waals surface area contributed by atoms with E-state index in [0.717, 1.165) is 22.3 Å². The molecule has 0 bridgehead atoms. The first-order chi connectivity index (χ1) is 15.7. The molecule has 0 saturated carbocycles. The highest BCUT2D eigenvalue weighted by Crippen LogP contribution is 2.23. The Hall–Kier alpha value is -3.16. The first-order valence-electron chi connectivity index (χ1n) is 10.8. The second-order valence-electron chi connectivity index (χ2n) is 8.11. The molecule has 0 fully saturated rings. The van der Waals surface area contributed by atoms with Gasteiger partial charge < -0.3 is 10.1 Å². The molecule has 0 aliphatic rings. The van der Waals surface area contributed by atoms with E-state index in [4.69, 9.17) is 4.74 Å². The van der Waals surface area contributed by atoms with Crippen molar-refractivity contribution in [1.29, 1.82) is 0 Å². The van der Waals surface area contributed by atoms with Gasteiger partial charge >= 0.3 is 0 Å². The Morgan fingerprint density at radius 1 is 0.909 bits per heavy atom. The quantitative estimate of drug-likeness (QED) is 0.454. The van der Waals surface area contributed by atoms with Gasteiger partial charge in [0.1, 0.15) is 0 Å². The first kappa shape index (κ1) is 24.5. The molecule has 33 heavy (non-hydrogen) atoms. The van der Waals surface area contributed by atoms with Crippen molar-refractivity contribution >= 4 is 21.6 Å². The van der Waals surface area contributed by atoms with Crippen LogP contribution >= 0.6 is 0 Å². The van der Waals surface area contributed by atoms with Crippen LogP contribution in [0.5, 0.6) is 0 Å². The topological polar surface area (TPSA) is 75.7 Å². The van der Waals surface area contributed by atoms with Crippen LogP contribution in [-0.2, 0) is 27.9 Å². The van der Waals surface area contributed by atoms with Crippen LogP contribution in [0, 0.1) is 13.8 Å². The number of carbonyl (C=O) groups is 1. The summed E-state index contributed by atoms with van der Waals surface area (Å²) in [5, 5.41) is 2.84. The molecule has 174 valence electrons. The van der Waals surface area contributed by atoms with E-state index in [1.807, 2.05) is 62.4 Å². The Bertz CT molecular complexity index is 1160. The van der Waals surface area contributed by atoms with Crippen LogP contribution in [0.1, 0.15) is 32.6 Å². The van der Waals surface area contributed by atoms with Crippen molar-refractivity contribution in [3.63, 3.8) is 0 Å². The second kappa shape index (κ2) is 11.1. The lowest BCUT2D eigenvalue weighted by Crippen LogP contribution is -2.29. The van der Waals surface area contributed by atoms with E-state index < -0.39 is 10.0 Å². The normalized spacial score (nSPS) is 11.2. The Labute approximate surface area is 196 Å². The summed E-state index contributed by atoms with van der Waals surface area (Å²) < 4.78 is 31.9. The van der Waals surface area contributed by atoms with Gasteiger partial charge in [0, 0.05) is 12.1 Å². The summed E-state index contributed by atoms with van der Waals surface area (Å²) in [6, 6.07) is 22.5. The number of sulfonamides is 1. The van der Waals surface area contributed by atoms with Gasteiger partial charge in [-0.1, -0.05) is 48.5 Å². The predicted octanol–water partition coefficient (Wildman–Crippen LogP) is 4.22. The number of nitrogens with zero attached hydrogens (tertiary/aromatic N) is 1. The molecule has 0 aliphatic carbocycles. The molecule has 3 rings (SSSR count). The van der Waals surface area contributed by atoms with Gasteiger partial charge in [0.05, 0.1) is 31.7 Å². The summed E-state index contributed by atoms with van der Waals surface area (Å²) in [6.45, 7) is 5.40. The maximum Gasteiger partial charge on any atom is 0.251 e. The highest BCUT2D eigenvalue weighted by Gasteiger charge is 2.18. The molecule has 0 atom stereocenters. The van der Waals surface area contributed by atoms with E-state index in [1.54, 1.807) is 24.3 Å². The van der Waals surface area contributed by atoms with Crippen LogP contribution in [0.2, 0.25) is 0 Å². The van der Waals surface area contributed by atoms with Crippen LogP contribution in [0.3, 0.4) is 0 Å². The monoisotopic (exact) mass is 466 g/mol. The van der Waals surface area contributed by atoms with Crippen LogP contribution in [0.25, 0.3) is 0 Å². The Kier molecular flexibility index (Phi) is 8.25. The molecular weight excluding hydrogens is 436 g/mol. The summed E-state index contributed by atoms with van der Waals surface area (Å²) in [7, 11) is -3.47.